The minimum absolute atomic E-state index is 0.0186. The Bertz CT molecular complexity index is 666. The highest BCUT2D eigenvalue weighted by Crippen LogP contribution is 2.31. The molecule has 0 radical (unpaired) electrons. The zero-order valence-electron chi connectivity index (χ0n) is 11.5. The van der Waals surface area contributed by atoms with Crippen LogP contribution in [-0.2, 0) is 9.53 Å². The van der Waals surface area contributed by atoms with E-state index in [4.69, 9.17) is 38.3 Å². The second kappa shape index (κ2) is 8.27. The third kappa shape index (κ3) is 4.38. The molecule has 0 heterocycles. The van der Waals surface area contributed by atoms with Crippen molar-refractivity contribution in [1.82, 2.24) is 0 Å². The van der Waals surface area contributed by atoms with Gasteiger partial charge in [-0.25, -0.2) is 9.59 Å². The van der Waals surface area contributed by atoms with Gasteiger partial charge in [0.25, 0.3) is 0 Å². The molecule has 116 valence electrons. The molecule has 1 aromatic rings. The van der Waals surface area contributed by atoms with Gasteiger partial charge in [0.15, 0.2) is 5.57 Å². The molecule has 0 atom stereocenters. The molecule has 0 saturated carbocycles. The first-order chi connectivity index (χ1) is 10.4. The Morgan fingerprint density at radius 2 is 2.14 bits per heavy atom. The van der Waals surface area contributed by atoms with Gasteiger partial charge in [0.05, 0.1) is 27.9 Å². The minimum atomic E-state index is -1.29. The lowest BCUT2D eigenvalue weighted by Gasteiger charge is -2.09. The van der Waals surface area contributed by atoms with Gasteiger partial charge < -0.3 is 15.2 Å². The van der Waals surface area contributed by atoms with Gasteiger partial charge in [0.1, 0.15) is 6.07 Å². The van der Waals surface area contributed by atoms with Gasteiger partial charge in [-0.1, -0.05) is 30.1 Å². The summed E-state index contributed by atoms with van der Waals surface area (Å²) in [4.78, 5) is 22.6. The topological polar surface area (TPSA) is 99.4 Å². The van der Waals surface area contributed by atoms with Crippen LogP contribution in [0, 0.1) is 11.3 Å². The maximum absolute atomic E-state index is 11.6. The lowest BCUT2D eigenvalue weighted by atomic mass is 10.2. The lowest BCUT2D eigenvalue weighted by Crippen LogP contribution is -2.09. The summed E-state index contributed by atoms with van der Waals surface area (Å²) in [6.45, 7) is 2.02. The van der Waals surface area contributed by atoms with Gasteiger partial charge in [-0.05, 0) is 18.6 Å². The van der Waals surface area contributed by atoms with E-state index < -0.39 is 11.9 Å². The van der Waals surface area contributed by atoms with E-state index in [2.05, 4.69) is 5.32 Å². The molecule has 0 aliphatic carbocycles. The summed E-state index contributed by atoms with van der Waals surface area (Å²) in [6, 6.07) is 4.46. The van der Waals surface area contributed by atoms with Crippen molar-refractivity contribution in [2.75, 3.05) is 11.9 Å². The van der Waals surface area contributed by atoms with Crippen LogP contribution >= 0.6 is 23.2 Å². The van der Waals surface area contributed by atoms with Crippen LogP contribution in [0.15, 0.2) is 23.9 Å². The molecule has 0 amide bonds. The number of carboxylic acid groups (broad SMARTS) is 1. The first-order valence-electron chi connectivity index (χ1n) is 6.17. The summed E-state index contributed by atoms with van der Waals surface area (Å²) < 4.78 is 4.83. The summed E-state index contributed by atoms with van der Waals surface area (Å²) >= 11 is 11.7. The van der Waals surface area contributed by atoms with Crippen LogP contribution in [0.4, 0.5) is 5.69 Å². The Hall–Kier alpha value is -2.23. The van der Waals surface area contributed by atoms with E-state index in [0.717, 1.165) is 6.20 Å². The fraction of sp³-hybridized carbons (Fsp3) is 0.214. The Kier molecular flexibility index (Phi) is 6.70. The summed E-state index contributed by atoms with van der Waals surface area (Å²) in [6.07, 6.45) is 1.72. The quantitative estimate of drug-likeness (QED) is 0.466. The van der Waals surface area contributed by atoms with Crippen molar-refractivity contribution in [3.8, 4) is 6.07 Å². The molecule has 0 aliphatic rings. The lowest BCUT2D eigenvalue weighted by molar-refractivity contribution is -0.138. The number of nitrogens with zero attached hydrogens (tertiary/aromatic N) is 1. The molecule has 1 aromatic carbocycles. The summed E-state index contributed by atoms with van der Waals surface area (Å²) in [5.41, 5.74) is -0.343. The molecule has 0 bridgehead atoms. The van der Waals surface area contributed by atoms with Crippen LogP contribution in [-0.4, -0.2) is 23.7 Å². The fourth-order valence-electron chi connectivity index (χ4n) is 1.42. The van der Waals surface area contributed by atoms with Crippen LogP contribution in [0.2, 0.25) is 10.0 Å². The van der Waals surface area contributed by atoms with Crippen molar-refractivity contribution in [3.63, 3.8) is 0 Å². The number of hydrogen-bond donors (Lipinski definition) is 2. The second-order valence-electron chi connectivity index (χ2n) is 4.04. The number of esters is 1. The van der Waals surface area contributed by atoms with E-state index in [0.29, 0.717) is 6.42 Å². The molecule has 0 aliphatic heterocycles. The average molecular weight is 343 g/mol. The normalized spacial score (nSPS) is 10.7. The third-order valence-electron chi connectivity index (χ3n) is 2.45. The number of carbonyl (C=O) groups excluding carboxylic acids is 1. The predicted octanol–water partition coefficient (Wildman–Crippen LogP) is 3.46. The molecule has 0 spiro atoms. The highest BCUT2D eigenvalue weighted by atomic mass is 35.5. The van der Waals surface area contributed by atoms with Crippen molar-refractivity contribution in [3.05, 3.63) is 39.5 Å². The maximum atomic E-state index is 11.6. The Morgan fingerprint density at radius 3 is 2.68 bits per heavy atom. The Labute approximate surface area is 136 Å². The molecule has 0 fully saturated rings. The number of carbonyl (C=O) groups is 2. The Morgan fingerprint density at radius 1 is 1.45 bits per heavy atom. The molecule has 0 unspecified atom stereocenters. The highest BCUT2D eigenvalue weighted by molar-refractivity contribution is 6.41. The zero-order chi connectivity index (χ0) is 16.7. The number of carboxylic acids is 1. The SMILES string of the molecule is CCCOC(=O)C(C#N)=CNc1ccc(Cl)c(C(=O)O)c1Cl. The van der Waals surface area contributed by atoms with Crippen molar-refractivity contribution in [2.24, 2.45) is 0 Å². The van der Waals surface area contributed by atoms with Crippen LogP contribution in [0.5, 0.6) is 0 Å². The van der Waals surface area contributed by atoms with Crippen molar-refractivity contribution in [2.45, 2.75) is 13.3 Å². The molecule has 22 heavy (non-hydrogen) atoms. The van der Waals surface area contributed by atoms with Crippen LogP contribution in [0.25, 0.3) is 0 Å². The van der Waals surface area contributed by atoms with Crippen molar-refractivity contribution in [1.29, 1.82) is 5.26 Å². The first kappa shape index (κ1) is 17.8. The van der Waals surface area contributed by atoms with Crippen LogP contribution < -0.4 is 5.32 Å². The first-order valence-corrected chi connectivity index (χ1v) is 6.93. The monoisotopic (exact) mass is 342 g/mol. The number of ether oxygens (including phenoxy) is 1. The molecular formula is C14H12Cl2N2O4. The van der Waals surface area contributed by atoms with E-state index in [1.807, 2.05) is 6.92 Å². The molecule has 0 aromatic heterocycles. The van der Waals surface area contributed by atoms with E-state index in [1.54, 1.807) is 6.07 Å². The average Bonchev–Trinajstić information content (AvgIpc) is 2.47. The maximum Gasteiger partial charge on any atom is 0.350 e. The van der Waals surface area contributed by atoms with E-state index in [1.165, 1.54) is 12.1 Å². The zero-order valence-corrected chi connectivity index (χ0v) is 13.0. The number of benzene rings is 1. The number of nitriles is 1. The number of anilines is 1. The minimum Gasteiger partial charge on any atom is -0.478 e. The van der Waals surface area contributed by atoms with E-state index in [9.17, 15) is 9.59 Å². The molecule has 2 N–H and O–H groups in total. The van der Waals surface area contributed by atoms with Gasteiger partial charge >= 0.3 is 11.9 Å². The van der Waals surface area contributed by atoms with Gasteiger partial charge in [0.2, 0.25) is 0 Å². The molecule has 8 heteroatoms. The van der Waals surface area contributed by atoms with Gasteiger partial charge in [-0.15, -0.1) is 0 Å². The molecular weight excluding hydrogens is 331 g/mol. The van der Waals surface area contributed by atoms with Gasteiger partial charge in [-0.2, -0.15) is 5.26 Å². The van der Waals surface area contributed by atoms with Gasteiger partial charge in [-0.3, -0.25) is 0 Å². The largest absolute Gasteiger partial charge is 0.478 e. The molecule has 0 saturated heterocycles. The summed E-state index contributed by atoms with van der Waals surface area (Å²) in [5, 5.41) is 20.4. The summed E-state index contributed by atoms with van der Waals surface area (Å²) in [5.74, 6) is -2.06. The number of rotatable bonds is 6. The highest BCUT2D eigenvalue weighted by Gasteiger charge is 2.17. The summed E-state index contributed by atoms with van der Waals surface area (Å²) in [7, 11) is 0. The van der Waals surface area contributed by atoms with Crippen LogP contribution in [0.1, 0.15) is 23.7 Å². The fourth-order valence-corrected chi connectivity index (χ4v) is 2.01. The number of nitrogens with one attached hydrogen (secondary N) is 1. The second-order valence-corrected chi connectivity index (χ2v) is 4.82. The number of halogens is 2. The Balaban J connectivity index is 3.02. The van der Waals surface area contributed by atoms with Crippen LogP contribution in [0.3, 0.4) is 0 Å². The van der Waals surface area contributed by atoms with E-state index >= 15 is 0 Å². The molecule has 6 nitrogen and oxygen atoms in total. The number of aromatic carboxylic acids is 1. The third-order valence-corrected chi connectivity index (χ3v) is 3.16. The van der Waals surface area contributed by atoms with Crippen molar-refractivity contribution < 1.29 is 19.4 Å². The predicted molar refractivity (Wildman–Crippen MR) is 82.0 cm³/mol. The van der Waals surface area contributed by atoms with Gasteiger partial charge in [0, 0.05) is 6.20 Å². The standard InChI is InChI=1S/C14H12Cl2N2O4/c1-2-5-22-14(21)8(6-17)7-18-10-4-3-9(15)11(12(10)16)13(19)20/h3-4,7,18H,2,5H2,1H3,(H,19,20). The van der Waals surface area contributed by atoms with Crippen molar-refractivity contribution >= 4 is 40.8 Å². The number of hydrogen-bond acceptors (Lipinski definition) is 5. The molecule has 1 rings (SSSR count). The smallest absolute Gasteiger partial charge is 0.350 e. The van der Waals surface area contributed by atoms with E-state index in [-0.39, 0.29) is 33.5 Å².